The van der Waals surface area contributed by atoms with Gasteiger partial charge in [0.25, 0.3) is 5.56 Å². The van der Waals surface area contributed by atoms with E-state index in [2.05, 4.69) is 15.9 Å². The number of carboxylic acid groups (broad SMARTS) is 1. The summed E-state index contributed by atoms with van der Waals surface area (Å²) in [6.07, 6.45) is 2.15. The summed E-state index contributed by atoms with van der Waals surface area (Å²) in [6, 6.07) is 2.75. The fraction of sp³-hybridized carbons (Fsp3) is 0.462. The fourth-order valence-electron chi connectivity index (χ4n) is 1.72. The van der Waals surface area contributed by atoms with E-state index in [4.69, 9.17) is 5.11 Å². The molecule has 0 aliphatic carbocycles. The molecule has 0 saturated heterocycles. The predicted molar refractivity (Wildman–Crippen MR) is 77.5 cm³/mol. The molecule has 1 heterocycles. The lowest BCUT2D eigenvalue weighted by molar-refractivity contribution is -0.146. The number of amides is 1. The van der Waals surface area contributed by atoms with E-state index >= 15 is 0 Å². The van der Waals surface area contributed by atoms with Crippen molar-refractivity contribution in [3.63, 3.8) is 0 Å². The van der Waals surface area contributed by atoms with Gasteiger partial charge in [0.2, 0.25) is 5.91 Å². The van der Waals surface area contributed by atoms with Crippen LogP contribution in [0.4, 0.5) is 0 Å². The zero-order valence-corrected chi connectivity index (χ0v) is 13.0. The van der Waals surface area contributed by atoms with E-state index in [0.29, 0.717) is 10.9 Å². The molecule has 0 saturated carbocycles. The summed E-state index contributed by atoms with van der Waals surface area (Å²) in [5, 5.41) is 8.87. The van der Waals surface area contributed by atoms with Gasteiger partial charge in [-0.3, -0.25) is 14.4 Å². The topological polar surface area (TPSA) is 79.6 Å². The van der Waals surface area contributed by atoms with Gasteiger partial charge in [-0.05, 0) is 35.3 Å². The summed E-state index contributed by atoms with van der Waals surface area (Å²) in [6.45, 7) is 3.12. The molecule has 6 nitrogen and oxygen atoms in total. The molecule has 1 N–H and O–H groups in total. The average molecular weight is 345 g/mol. The van der Waals surface area contributed by atoms with E-state index in [1.807, 2.05) is 6.92 Å². The van der Waals surface area contributed by atoms with E-state index < -0.39 is 5.97 Å². The number of nitrogens with zero attached hydrogens (tertiary/aromatic N) is 2. The maximum absolute atomic E-state index is 12.2. The highest BCUT2D eigenvalue weighted by Crippen LogP contribution is 2.07. The third-order valence-corrected chi connectivity index (χ3v) is 3.47. The molecule has 1 unspecified atom stereocenters. The molecule has 1 aromatic rings. The van der Waals surface area contributed by atoms with Crippen LogP contribution in [0, 0.1) is 0 Å². The van der Waals surface area contributed by atoms with Crippen LogP contribution >= 0.6 is 15.9 Å². The van der Waals surface area contributed by atoms with Gasteiger partial charge in [-0.25, -0.2) is 0 Å². The van der Waals surface area contributed by atoms with Crippen LogP contribution in [0.5, 0.6) is 0 Å². The van der Waals surface area contributed by atoms with Crippen LogP contribution in [0.3, 0.4) is 0 Å². The van der Waals surface area contributed by atoms with E-state index in [1.165, 1.54) is 21.7 Å². The lowest BCUT2D eigenvalue weighted by atomic mass is 10.2. The molecule has 0 aliphatic heterocycles. The summed E-state index contributed by atoms with van der Waals surface area (Å²) in [7, 11) is 0. The molecule has 0 radical (unpaired) electrons. The van der Waals surface area contributed by atoms with Crippen molar-refractivity contribution in [3.8, 4) is 0 Å². The first-order valence-corrected chi connectivity index (χ1v) is 7.01. The van der Waals surface area contributed by atoms with Crippen LogP contribution in [0.1, 0.15) is 20.3 Å². The lowest BCUT2D eigenvalue weighted by Crippen LogP contribution is -2.44. The number of carbonyl (C=O) groups excluding carboxylic acids is 1. The standard InChI is InChI=1S/C13H17BrN2O4/c1-3-9(2)16(8-13(19)20)12(18)7-15-6-10(14)4-5-11(15)17/h4-6,9H,3,7-8H2,1-2H3,(H,19,20). The molecule has 0 aromatic carbocycles. The van der Waals surface area contributed by atoms with E-state index in [-0.39, 0.29) is 30.6 Å². The zero-order chi connectivity index (χ0) is 15.3. The normalized spacial score (nSPS) is 11.9. The maximum atomic E-state index is 12.2. The smallest absolute Gasteiger partial charge is 0.323 e. The monoisotopic (exact) mass is 344 g/mol. The van der Waals surface area contributed by atoms with Crippen LogP contribution in [-0.4, -0.2) is 39.0 Å². The number of halogens is 1. The Bertz CT molecular complexity index is 556. The highest BCUT2D eigenvalue weighted by Gasteiger charge is 2.21. The van der Waals surface area contributed by atoms with Crippen molar-refractivity contribution in [1.82, 2.24) is 9.47 Å². The Balaban J connectivity index is 2.93. The second kappa shape index (κ2) is 7.23. The van der Waals surface area contributed by atoms with Gasteiger partial charge in [0.05, 0.1) is 0 Å². The highest BCUT2D eigenvalue weighted by molar-refractivity contribution is 9.10. The molecule has 0 bridgehead atoms. The molecule has 1 rings (SSSR count). The number of rotatable bonds is 6. The number of carbonyl (C=O) groups is 2. The maximum Gasteiger partial charge on any atom is 0.323 e. The summed E-state index contributed by atoms with van der Waals surface area (Å²) in [5.74, 6) is -1.46. The number of carboxylic acids is 1. The second-order valence-electron chi connectivity index (χ2n) is 4.49. The van der Waals surface area contributed by atoms with Gasteiger partial charge in [0.1, 0.15) is 13.1 Å². The average Bonchev–Trinajstić information content (AvgIpc) is 2.39. The fourth-order valence-corrected chi connectivity index (χ4v) is 2.10. The Kier molecular flexibility index (Phi) is 5.94. The highest BCUT2D eigenvalue weighted by atomic mass is 79.9. The Morgan fingerprint density at radius 1 is 1.45 bits per heavy atom. The summed E-state index contributed by atoms with van der Waals surface area (Å²) in [5.41, 5.74) is -0.305. The van der Waals surface area contributed by atoms with Crippen molar-refractivity contribution in [2.75, 3.05) is 6.54 Å². The second-order valence-corrected chi connectivity index (χ2v) is 5.40. The first-order valence-electron chi connectivity index (χ1n) is 6.22. The minimum atomic E-state index is -1.07. The van der Waals surface area contributed by atoms with Gasteiger partial charge in [0, 0.05) is 22.8 Å². The number of aliphatic carboxylic acids is 1. The molecule has 0 aliphatic rings. The molecular weight excluding hydrogens is 328 g/mol. The van der Waals surface area contributed by atoms with Gasteiger partial charge >= 0.3 is 5.97 Å². The van der Waals surface area contributed by atoms with Crippen molar-refractivity contribution in [2.24, 2.45) is 0 Å². The number of hydrogen-bond donors (Lipinski definition) is 1. The van der Waals surface area contributed by atoms with Crippen molar-refractivity contribution in [1.29, 1.82) is 0 Å². The Hall–Kier alpha value is -1.63. The number of hydrogen-bond acceptors (Lipinski definition) is 3. The van der Waals surface area contributed by atoms with Gasteiger partial charge < -0.3 is 14.6 Å². The largest absolute Gasteiger partial charge is 0.480 e. The SMILES string of the molecule is CCC(C)N(CC(=O)O)C(=O)Cn1cc(Br)ccc1=O. The Labute approximate surface area is 125 Å². The van der Waals surface area contributed by atoms with Gasteiger partial charge in [-0.15, -0.1) is 0 Å². The molecule has 1 atom stereocenters. The third kappa shape index (κ3) is 4.48. The molecule has 1 amide bonds. The van der Waals surface area contributed by atoms with Crippen LogP contribution < -0.4 is 5.56 Å². The van der Waals surface area contributed by atoms with E-state index in [0.717, 1.165) is 0 Å². The minimum absolute atomic E-state index is 0.171. The molecule has 7 heteroatoms. The first-order chi connectivity index (χ1) is 9.35. The molecule has 1 aromatic heterocycles. The Morgan fingerprint density at radius 2 is 2.10 bits per heavy atom. The molecule has 110 valence electrons. The van der Waals surface area contributed by atoms with Crippen LogP contribution in [0.15, 0.2) is 27.6 Å². The van der Waals surface area contributed by atoms with Crippen LogP contribution in [0.2, 0.25) is 0 Å². The summed E-state index contributed by atoms with van der Waals surface area (Å²) >= 11 is 3.23. The van der Waals surface area contributed by atoms with E-state index in [1.54, 1.807) is 13.0 Å². The van der Waals surface area contributed by atoms with E-state index in [9.17, 15) is 14.4 Å². The lowest BCUT2D eigenvalue weighted by Gasteiger charge is -2.27. The van der Waals surface area contributed by atoms with Crippen molar-refractivity contribution < 1.29 is 14.7 Å². The first kappa shape index (κ1) is 16.4. The van der Waals surface area contributed by atoms with Crippen LogP contribution in [0.25, 0.3) is 0 Å². The summed E-state index contributed by atoms with van der Waals surface area (Å²) < 4.78 is 1.93. The Morgan fingerprint density at radius 3 is 2.65 bits per heavy atom. The third-order valence-electron chi connectivity index (χ3n) is 3.00. The number of pyridine rings is 1. The molecule has 0 fully saturated rings. The zero-order valence-electron chi connectivity index (χ0n) is 11.4. The summed E-state index contributed by atoms with van der Waals surface area (Å²) in [4.78, 5) is 36.0. The molecule has 0 spiro atoms. The van der Waals surface area contributed by atoms with Crippen molar-refractivity contribution >= 4 is 27.8 Å². The number of aromatic nitrogens is 1. The molecule has 20 heavy (non-hydrogen) atoms. The van der Waals surface area contributed by atoms with Crippen molar-refractivity contribution in [3.05, 3.63) is 33.2 Å². The molecular formula is C13H17BrN2O4. The minimum Gasteiger partial charge on any atom is -0.480 e. The quantitative estimate of drug-likeness (QED) is 0.843. The van der Waals surface area contributed by atoms with Crippen molar-refractivity contribution in [2.45, 2.75) is 32.9 Å². The van der Waals surface area contributed by atoms with Crippen LogP contribution in [-0.2, 0) is 16.1 Å². The van der Waals surface area contributed by atoms with Gasteiger partial charge in [-0.2, -0.15) is 0 Å². The van der Waals surface area contributed by atoms with Gasteiger partial charge in [0.15, 0.2) is 0 Å². The van der Waals surface area contributed by atoms with Gasteiger partial charge in [-0.1, -0.05) is 6.92 Å². The predicted octanol–water partition coefficient (Wildman–Crippen LogP) is 1.32.